The number of anilines is 2. The molecule has 0 saturated carbocycles. The van der Waals surface area contributed by atoms with E-state index in [0.29, 0.717) is 17.6 Å². The summed E-state index contributed by atoms with van der Waals surface area (Å²) in [7, 11) is 1.99. The van der Waals surface area contributed by atoms with Crippen LogP contribution in [0.25, 0.3) is 0 Å². The van der Waals surface area contributed by atoms with E-state index in [-0.39, 0.29) is 11.9 Å². The molecule has 1 amide bonds. The maximum Gasteiger partial charge on any atom is 0.241 e. The van der Waals surface area contributed by atoms with Crippen LogP contribution < -0.4 is 11.1 Å². The average molecular weight is 277 g/mol. The molecule has 0 aliphatic heterocycles. The third-order valence-electron chi connectivity index (χ3n) is 4.11. The maximum absolute atomic E-state index is 12.3. The molecule has 0 spiro atoms. The van der Waals surface area contributed by atoms with Crippen molar-refractivity contribution in [2.75, 3.05) is 18.1 Å². The van der Waals surface area contributed by atoms with Gasteiger partial charge in [-0.3, -0.25) is 9.69 Å². The van der Waals surface area contributed by atoms with Gasteiger partial charge in [0.05, 0.1) is 6.04 Å². The van der Waals surface area contributed by atoms with Crippen molar-refractivity contribution in [3.8, 4) is 0 Å². The fourth-order valence-electron chi connectivity index (χ4n) is 2.07. The second-order valence-electron chi connectivity index (χ2n) is 5.89. The molecule has 0 aromatic heterocycles. The van der Waals surface area contributed by atoms with Crippen LogP contribution in [-0.2, 0) is 4.79 Å². The Morgan fingerprint density at radius 2 is 1.85 bits per heavy atom. The van der Waals surface area contributed by atoms with Crippen LogP contribution in [0.15, 0.2) is 18.2 Å². The van der Waals surface area contributed by atoms with Crippen LogP contribution in [0.5, 0.6) is 0 Å². The molecule has 0 radical (unpaired) electrons. The van der Waals surface area contributed by atoms with Crippen LogP contribution in [0.1, 0.15) is 33.3 Å². The number of nitrogens with one attached hydrogen (secondary N) is 1. The number of nitrogens with zero attached hydrogens (tertiary/aromatic N) is 1. The van der Waals surface area contributed by atoms with E-state index < -0.39 is 0 Å². The highest BCUT2D eigenvalue weighted by atomic mass is 16.2. The van der Waals surface area contributed by atoms with Crippen molar-refractivity contribution in [1.29, 1.82) is 0 Å². The van der Waals surface area contributed by atoms with Crippen LogP contribution >= 0.6 is 0 Å². The Labute approximate surface area is 122 Å². The second kappa shape index (κ2) is 6.75. The Morgan fingerprint density at radius 3 is 2.35 bits per heavy atom. The number of likely N-dealkylation sites (N-methyl/N-ethyl adjacent to an activating group) is 1. The first-order valence-electron chi connectivity index (χ1n) is 7.13. The third kappa shape index (κ3) is 3.97. The van der Waals surface area contributed by atoms with E-state index in [9.17, 15) is 4.79 Å². The lowest BCUT2D eigenvalue weighted by atomic mass is 10.0. The highest BCUT2D eigenvalue weighted by Gasteiger charge is 2.24. The van der Waals surface area contributed by atoms with Crippen LogP contribution in [-0.4, -0.2) is 29.9 Å². The minimum Gasteiger partial charge on any atom is -0.399 e. The number of hydrogen-bond acceptors (Lipinski definition) is 3. The molecule has 2 unspecified atom stereocenters. The van der Waals surface area contributed by atoms with Crippen LogP contribution in [0, 0.1) is 12.8 Å². The van der Waals surface area contributed by atoms with Gasteiger partial charge in [-0.25, -0.2) is 0 Å². The SMILES string of the molecule is Cc1cc(N)ccc1NC(=O)C(C)N(C)C(C)C(C)C. The Balaban J connectivity index is 2.75. The number of hydrogen-bond donors (Lipinski definition) is 2. The Morgan fingerprint density at radius 1 is 1.25 bits per heavy atom. The molecule has 2 atom stereocenters. The highest BCUT2D eigenvalue weighted by Crippen LogP contribution is 2.19. The van der Waals surface area contributed by atoms with Gasteiger partial charge in [-0.1, -0.05) is 13.8 Å². The van der Waals surface area contributed by atoms with Gasteiger partial charge in [0.25, 0.3) is 0 Å². The molecule has 0 saturated heterocycles. The zero-order valence-electron chi connectivity index (χ0n) is 13.4. The molecule has 0 fully saturated rings. The molecule has 0 aliphatic rings. The molecule has 112 valence electrons. The normalized spacial score (nSPS) is 14.4. The first-order chi connectivity index (χ1) is 9.23. The zero-order chi connectivity index (χ0) is 15.4. The van der Waals surface area contributed by atoms with Crippen molar-refractivity contribution < 1.29 is 4.79 Å². The predicted molar refractivity (Wildman–Crippen MR) is 85.7 cm³/mol. The summed E-state index contributed by atoms with van der Waals surface area (Å²) in [5, 5.41) is 2.98. The molecule has 4 heteroatoms. The van der Waals surface area contributed by atoms with Gasteiger partial charge in [-0.15, -0.1) is 0 Å². The first-order valence-corrected chi connectivity index (χ1v) is 7.13. The number of rotatable bonds is 5. The molecular weight excluding hydrogens is 250 g/mol. The van der Waals surface area contributed by atoms with Gasteiger partial charge in [-0.05, 0) is 57.5 Å². The molecule has 1 aromatic carbocycles. The predicted octanol–water partition coefficient (Wildman–Crippen LogP) is 2.88. The molecule has 0 aliphatic carbocycles. The smallest absolute Gasteiger partial charge is 0.241 e. The molecular formula is C16H27N3O. The number of carbonyl (C=O) groups is 1. The fourth-order valence-corrected chi connectivity index (χ4v) is 2.07. The zero-order valence-corrected chi connectivity index (χ0v) is 13.4. The van der Waals surface area contributed by atoms with Crippen molar-refractivity contribution in [2.45, 2.75) is 46.7 Å². The summed E-state index contributed by atoms with van der Waals surface area (Å²) in [6.07, 6.45) is 0. The summed E-state index contributed by atoms with van der Waals surface area (Å²) in [6, 6.07) is 5.68. The van der Waals surface area contributed by atoms with Gasteiger partial charge in [0.2, 0.25) is 5.91 Å². The van der Waals surface area contributed by atoms with E-state index in [1.54, 1.807) is 6.07 Å². The lowest BCUT2D eigenvalue weighted by Crippen LogP contribution is -2.46. The van der Waals surface area contributed by atoms with Crippen molar-refractivity contribution in [3.63, 3.8) is 0 Å². The van der Waals surface area contributed by atoms with E-state index in [2.05, 4.69) is 31.0 Å². The molecule has 1 rings (SSSR count). The highest BCUT2D eigenvalue weighted by molar-refractivity contribution is 5.95. The lowest BCUT2D eigenvalue weighted by molar-refractivity contribution is -0.121. The average Bonchev–Trinajstić information content (AvgIpc) is 2.39. The lowest BCUT2D eigenvalue weighted by Gasteiger charge is -2.32. The minimum absolute atomic E-state index is 0.00729. The van der Waals surface area contributed by atoms with E-state index in [0.717, 1.165) is 11.3 Å². The van der Waals surface area contributed by atoms with Crippen molar-refractivity contribution in [3.05, 3.63) is 23.8 Å². The van der Waals surface area contributed by atoms with Crippen molar-refractivity contribution in [1.82, 2.24) is 4.90 Å². The first kappa shape index (κ1) is 16.5. The Bertz CT molecular complexity index is 471. The minimum atomic E-state index is -0.177. The quantitative estimate of drug-likeness (QED) is 0.814. The van der Waals surface area contributed by atoms with Gasteiger partial charge in [0.15, 0.2) is 0 Å². The molecule has 4 nitrogen and oxygen atoms in total. The van der Waals surface area contributed by atoms with Gasteiger partial charge < -0.3 is 11.1 Å². The van der Waals surface area contributed by atoms with E-state index in [4.69, 9.17) is 5.73 Å². The molecule has 3 N–H and O–H groups in total. The van der Waals surface area contributed by atoms with Crippen LogP contribution in [0.2, 0.25) is 0 Å². The summed E-state index contributed by atoms with van der Waals surface area (Å²) in [5.74, 6) is 0.515. The number of carbonyl (C=O) groups excluding carboxylic acids is 1. The summed E-state index contributed by atoms with van der Waals surface area (Å²) in [5.41, 5.74) is 8.22. The van der Waals surface area contributed by atoms with Crippen LogP contribution in [0.3, 0.4) is 0 Å². The summed E-state index contributed by atoms with van der Waals surface area (Å²) >= 11 is 0. The van der Waals surface area contributed by atoms with E-state index in [1.165, 1.54) is 0 Å². The number of amides is 1. The second-order valence-corrected chi connectivity index (χ2v) is 5.89. The molecule has 1 aromatic rings. The summed E-state index contributed by atoms with van der Waals surface area (Å²) in [6.45, 7) is 10.3. The number of aryl methyl sites for hydroxylation is 1. The number of benzene rings is 1. The van der Waals surface area contributed by atoms with E-state index >= 15 is 0 Å². The summed E-state index contributed by atoms with van der Waals surface area (Å²) in [4.78, 5) is 14.4. The molecule has 20 heavy (non-hydrogen) atoms. The van der Waals surface area contributed by atoms with Gasteiger partial charge in [0.1, 0.15) is 0 Å². The maximum atomic E-state index is 12.3. The summed E-state index contributed by atoms with van der Waals surface area (Å²) < 4.78 is 0. The standard InChI is InChI=1S/C16H27N3O/c1-10(2)12(4)19(6)13(5)16(20)18-15-8-7-14(17)9-11(15)3/h7-10,12-13H,17H2,1-6H3,(H,18,20). The molecule has 0 heterocycles. The third-order valence-corrected chi connectivity index (χ3v) is 4.11. The monoisotopic (exact) mass is 277 g/mol. The van der Waals surface area contributed by atoms with E-state index in [1.807, 2.05) is 33.0 Å². The van der Waals surface area contributed by atoms with Crippen molar-refractivity contribution in [2.24, 2.45) is 5.92 Å². The van der Waals surface area contributed by atoms with Gasteiger partial charge >= 0.3 is 0 Å². The number of nitrogen functional groups attached to an aromatic ring is 1. The van der Waals surface area contributed by atoms with Gasteiger partial charge in [-0.2, -0.15) is 0 Å². The van der Waals surface area contributed by atoms with Crippen LogP contribution in [0.4, 0.5) is 11.4 Å². The Kier molecular flexibility index (Phi) is 5.57. The topological polar surface area (TPSA) is 58.4 Å². The Hall–Kier alpha value is -1.55. The van der Waals surface area contributed by atoms with Crippen molar-refractivity contribution >= 4 is 17.3 Å². The van der Waals surface area contributed by atoms with Gasteiger partial charge in [0, 0.05) is 17.4 Å². The molecule has 0 bridgehead atoms. The number of nitrogens with two attached hydrogens (primary N) is 1. The fraction of sp³-hybridized carbons (Fsp3) is 0.562. The largest absolute Gasteiger partial charge is 0.399 e.